The summed E-state index contributed by atoms with van der Waals surface area (Å²) in [5, 5.41) is 7.01. The molecule has 3 heteroatoms. The first-order valence-electron chi connectivity index (χ1n) is 2.09. The van der Waals surface area contributed by atoms with Crippen molar-refractivity contribution in [1.82, 2.24) is 0 Å². The normalized spacial score (nSPS) is 11.7. The molecule has 0 rings (SSSR count). The van der Waals surface area contributed by atoms with Gasteiger partial charge in [-0.3, -0.25) is 0 Å². The van der Waals surface area contributed by atoms with E-state index in [9.17, 15) is 0 Å². The van der Waals surface area contributed by atoms with Crippen LogP contribution < -0.4 is 5.73 Å². The highest BCUT2D eigenvalue weighted by Gasteiger charge is 1.57. The van der Waals surface area contributed by atoms with Crippen molar-refractivity contribution >= 4 is 0 Å². The number of azo groups is 1. The van der Waals surface area contributed by atoms with E-state index in [4.69, 9.17) is 5.73 Å². The minimum atomic E-state index is 0.268. The fraction of sp³-hybridized carbons (Fsp3) is 0.500. The van der Waals surface area contributed by atoms with E-state index < -0.39 is 0 Å². The van der Waals surface area contributed by atoms with Crippen molar-refractivity contribution in [1.29, 1.82) is 0 Å². The molecule has 2 N–H and O–H groups in total. The second-order valence-corrected chi connectivity index (χ2v) is 0.922. The third-order valence-corrected chi connectivity index (χ3v) is 0.379. The van der Waals surface area contributed by atoms with Gasteiger partial charge in [-0.25, -0.2) is 0 Å². The van der Waals surface area contributed by atoms with Crippen molar-refractivity contribution in [3.8, 4) is 0 Å². The van der Waals surface area contributed by atoms with Gasteiger partial charge in [-0.15, -0.1) is 0 Å². The molecule has 0 saturated carbocycles. The highest BCUT2D eigenvalue weighted by Crippen LogP contribution is 1.72. The lowest BCUT2D eigenvalue weighted by molar-refractivity contribution is 0.963. The third kappa shape index (κ3) is 5.30. The van der Waals surface area contributed by atoms with Crippen molar-refractivity contribution in [2.45, 2.75) is 6.92 Å². The van der Waals surface area contributed by atoms with E-state index >= 15 is 0 Å². The molecule has 0 fully saturated rings. The molecule has 0 aliphatic heterocycles. The van der Waals surface area contributed by atoms with Gasteiger partial charge in [0.2, 0.25) is 0 Å². The van der Waals surface area contributed by atoms with Crippen LogP contribution >= 0.6 is 0 Å². The number of rotatable bonds is 2. The number of allylic oxidation sites excluding steroid dienone is 1. The molecule has 0 bridgehead atoms. The smallest absolute Gasteiger partial charge is 0.108 e. The van der Waals surface area contributed by atoms with E-state index in [0.717, 1.165) is 0 Å². The molecule has 7 heavy (non-hydrogen) atoms. The van der Waals surface area contributed by atoms with E-state index in [2.05, 4.69) is 10.2 Å². The molecular weight excluding hydrogens is 90.1 g/mol. The summed E-state index contributed by atoms with van der Waals surface area (Å²) >= 11 is 0. The Labute approximate surface area is 42.9 Å². The summed E-state index contributed by atoms with van der Waals surface area (Å²) in [6, 6.07) is 0. The molecule has 0 aromatic rings. The Morgan fingerprint density at radius 1 is 1.71 bits per heavy atom. The van der Waals surface area contributed by atoms with Gasteiger partial charge in [-0.2, -0.15) is 10.2 Å². The van der Waals surface area contributed by atoms with E-state index in [0.29, 0.717) is 0 Å². The van der Waals surface area contributed by atoms with Crippen LogP contribution in [-0.2, 0) is 0 Å². The SMILES string of the molecule is C/C=C\N=NCN. The fourth-order valence-corrected chi connectivity index (χ4v) is 0.161. The molecule has 0 heterocycles. The van der Waals surface area contributed by atoms with E-state index in [1.54, 1.807) is 12.3 Å². The average Bonchev–Trinajstić information content (AvgIpc) is 1.69. The van der Waals surface area contributed by atoms with Crippen molar-refractivity contribution in [2.24, 2.45) is 16.0 Å². The Hall–Kier alpha value is -0.700. The van der Waals surface area contributed by atoms with Gasteiger partial charge in [-0.05, 0) is 6.92 Å². The zero-order valence-corrected chi connectivity index (χ0v) is 4.33. The first-order chi connectivity index (χ1) is 3.41. The largest absolute Gasteiger partial charge is 0.311 e. The second kappa shape index (κ2) is 5.30. The maximum atomic E-state index is 4.97. The molecule has 0 unspecified atom stereocenters. The van der Waals surface area contributed by atoms with E-state index in [1.165, 1.54) is 0 Å². The minimum absolute atomic E-state index is 0.268. The third-order valence-electron chi connectivity index (χ3n) is 0.379. The summed E-state index contributed by atoms with van der Waals surface area (Å²) in [5.74, 6) is 0. The molecule has 40 valence electrons. The summed E-state index contributed by atoms with van der Waals surface area (Å²) in [7, 11) is 0. The maximum Gasteiger partial charge on any atom is 0.108 e. The van der Waals surface area contributed by atoms with Gasteiger partial charge < -0.3 is 5.73 Å². The highest BCUT2D eigenvalue weighted by molar-refractivity contribution is 4.70. The van der Waals surface area contributed by atoms with Gasteiger partial charge in [-0.1, -0.05) is 6.08 Å². The molecule has 0 saturated heterocycles. The van der Waals surface area contributed by atoms with Crippen LogP contribution in [0, 0.1) is 0 Å². The van der Waals surface area contributed by atoms with E-state index in [1.807, 2.05) is 6.92 Å². The van der Waals surface area contributed by atoms with Crippen molar-refractivity contribution in [2.75, 3.05) is 6.67 Å². The van der Waals surface area contributed by atoms with Gasteiger partial charge in [0.1, 0.15) is 6.67 Å². The molecule has 0 aliphatic rings. The molecule has 0 amide bonds. The Morgan fingerprint density at radius 2 is 2.43 bits per heavy atom. The van der Waals surface area contributed by atoms with Crippen LogP contribution in [0.4, 0.5) is 0 Å². The van der Waals surface area contributed by atoms with Gasteiger partial charge in [0, 0.05) is 6.20 Å². The molecular formula is C4H9N3. The summed E-state index contributed by atoms with van der Waals surface area (Å²) in [6.07, 6.45) is 3.38. The van der Waals surface area contributed by atoms with Crippen LogP contribution in [-0.4, -0.2) is 6.67 Å². The monoisotopic (exact) mass is 99.1 g/mol. The Balaban J connectivity index is 3.09. The number of hydrogen-bond acceptors (Lipinski definition) is 3. The van der Waals surface area contributed by atoms with Crippen LogP contribution in [0.2, 0.25) is 0 Å². The molecule has 0 radical (unpaired) electrons. The van der Waals surface area contributed by atoms with E-state index in [-0.39, 0.29) is 6.67 Å². The number of nitrogens with zero attached hydrogens (tertiary/aromatic N) is 2. The van der Waals surface area contributed by atoms with Gasteiger partial charge in [0.25, 0.3) is 0 Å². The minimum Gasteiger partial charge on any atom is -0.311 e. The lowest BCUT2D eigenvalue weighted by Crippen LogP contribution is -1.90. The molecule has 0 spiro atoms. The van der Waals surface area contributed by atoms with Gasteiger partial charge in [0.05, 0.1) is 0 Å². The summed E-state index contributed by atoms with van der Waals surface area (Å²) in [4.78, 5) is 0. The van der Waals surface area contributed by atoms with Crippen LogP contribution in [0.1, 0.15) is 6.92 Å². The van der Waals surface area contributed by atoms with Crippen molar-refractivity contribution in [3.05, 3.63) is 12.3 Å². The van der Waals surface area contributed by atoms with Crippen LogP contribution in [0.5, 0.6) is 0 Å². The summed E-state index contributed by atoms with van der Waals surface area (Å²) in [6.45, 7) is 2.14. The Morgan fingerprint density at radius 3 is 2.86 bits per heavy atom. The van der Waals surface area contributed by atoms with Crippen LogP contribution in [0.25, 0.3) is 0 Å². The lowest BCUT2D eigenvalue weighted by atomic mass is 10.7. The molecule has 0 aliphatic carbocycles. The van der Waals surface area contributed by atoms with Crippen LogP contribution in [0.3, 0.4) is 0 Å². The fourth-order valence-electron chi connectivity index (χ4n) is 0.161. The first-order valence-corrected chi connectivity index (χ1v) is 2.09. The molecule has 0 aromatic heterocycles. The van der Waals surface area contributed by atoms with Crippen LogP contribution in [0.15, 0.2) is 22.5 Å². The maximum absolute atomic E-state index is 4.97. The summed E-state index contributed by atoms with van der Waals surface area (Å²) < 4.78 is 0. The Bertz CT molecular complexity index is 75.0. The highest BCUT2D eigenvalue weighted by atomic mass is 15.1. The molecule has 0 atom stereocenters. The molecule has 0 aromatic carbocycles. The topological polar surface area (TPSA) is 50.7 Å². The number of nitrogens with two attached hydrogens (primary N) is 1. The quantitative estimate of drug-likeness (QED) is 0.513. The first kappa shape index (κ1) is 6.30. The number of hydrogen-bond donors (Lipinski definition) is 1. The second-order valence-electron chi connectivity index (χ2n) is 0.922. The van der Waals surface area contributed by atoms with Gasteiger partial charge >= 0.3 is 0 Å². The predicted molar refractivity (Wildman–Crippen MR) is 28.7 cm³/mol. The standard InChI is InChI=1S/C4H9N3/c1-2-3-6-7-4-5/h2-3H,4-5H2,1H3/b3-2-,7-6?. The summed E-state index contributed by atoms with van der Waals surface area (Å²) in [5.41, 5.74) is 4.97. The Kier molecular flexibility index (Phi) is 4.77. The zero-order valence-electron chi connectivity index (χ0n) is 4.33. The zero-order chi connectivity index (χ0) is 5.54. The predicted octanol–water partition coefficient (Wildman–Crippen LogP) is 0.888. The lowest BCUT2D eigenvalue weighted by Gasteiger charge is -1.72. The molecule has 3 nitrogen and oxygen atoms in total. The van der Waals surface area contributed by atoms with Crippen molar-refractivity contribution < 1.29 is 0 Å². The van der Waals surface area contributed by atoms with Gasteiger partial charge in [0.15, 0.2) is 0 Å². The average molecular weight is 99.1 g/mol. The van der Waals surface area contributed by atoms with Crippen molar-refractivity contribution in [3.63, 3.8) is 0 Å².